The molecule has 0 atom stereocenters. The molecular weight excluding hydrogens is 290 g/mol. The van der Waals surface area contributed by atoms with Gasteiger partial charge in [0.05, 0.1) is 23.4 Å². The van der Waals surface area contributed by atoms with Crippen molar-refractivity contribution >= 4 is 32.6 Å². The number of benzene rings is 1. The van der Waals surface area contributed by atoms with Gasteiger partial charge >= 0.3 is 0 Å². The number of carbonyl (C=O) groups excluding carboxylic acids is 1. The average Bonchev–Trinajstić information content (AvgIpc) is 2.85. The molecule has 1 aromatic carbocycles. The lowest BCUT2D eigenvalue weighted by molar-refractivity contribution is 0.0627. The minimum atomic E-state index is -0.0435. The Bertz CT molecular complexity index is 607. The van der Waals surface area contributed by atoms with Crippen molar-refractivity contribution in [2.75, 3.05) is 46.3 Å². The van der Waals surface area contributed by atoms with Crippen LogP contribution in [0.2, 0.25) is 0 Å². The molecule has 21 heavy (non-hydrogen) atoms. The number of anilines is 1. The second-order valence-corrected chi connectivity index (χ2v) is 5.57. The van der Waals surface area contributed by atoms with E-state index in [1.165, 1.54) is 11.3 Å². The van der Waals surface area contributed by atoms with Crippen molar-refractivity contribution in [3.05, 3.63) is 23.8 Å². The van der Waals surface area contributed by atoms with Gasteiger partial charge in [-0.15, -0.1) is 0 Å². The highest BCUT2D eigenvalue weighted by molar-refractivity contribution is 7.22. The van der Waals surface area contributed by atoms with E-state index in [9.17, 15) is 4.79 Å². The van der Waals surface area contributed by atoms with Gasteiger partial charge in [-0.1, -0.05) is 11.3 Å². The smallest absolute Gasteiger partial charge is 0.254 e. The van der Waals surface area contributed by atoms with E-state index < -0.39 is 0 Å². The molecule has 0 aliphatic heterocycles. The van der Waals surface area contributed by atoms with Crippen LogP contribution < -0.4 is 5.73 Å². The van der Waals surface area contributed by atoms with Crippen molar-refractivity contribution < 1.29 is 14.3 Å². The van der Waals surface area contributed by atoms with Gasteiger partial charge in [0.15, 0.2) is 5.13 Å². The highest BCUT2D eigenvalue weighted by atomic mass is 32.1. The van der Waals surface area contributed by atoms with Crippen LogP contribution in [0.1, 0.15) is 10.4 Å². The first-order valence-corrected chi connectivity index (χ1v) is 7.40. The highest BCUT2D eigenvalue weighted by Gasteiger charge is 2.16. The molecule has 0 fully saturated rings. The summed E-state index contributed by atoms with van der Waals surface area (Å²) in [4.78, 5) is 18.5. The summed E-state index contributed by atoms with van der Waals surface area (Å²) in [6, 6.07) is 5.43. The maximum Gasteiger partial charge on any atom is 0.254 e. The van der Waals surface area contributed by atoms with Crippen LogP contribution in [0, 0.1) is 0 Å². The quantitative estimate of drug-likeness (QED) is 0.841. The third-order valence-electron chi connectivity index (χ3n) is 3.07. The number of nitrogens with two attached hydrogens (primary N) is 1. The molecule has 0 bridgehead atoms. The number of rotatable bonds is 7. The fourth-order valence-electron chi connectivity index (χ4n) is 1.98. The standard InChI is InChI=1S/C14H19N3O3S/c1-19-7-5-17(6-8-20-2)13(18)10-3-4-11-12(9-10)21-14(15)16-11/h3-4,9H,5-8H2,1-2H3,(H2,15,16). The third kappa shape index (κ3) is 3.90. The summed E-state index contributed by atoms with van der Waals surface area (Å²) in [5.74, 6) is -0.0435. The number of hydrogen-bond acceptors (Lipinski definition) is 6. The van der Waals surface area contributed by atoms with E-state index in [-0.39, 0.29) is 5.91 Å². The predicted molar refractivity (Wildman–Crippen MR) is 83.7 cm³/mol. The highest BCUT2D eigenvalue weighted by Crippen LogP contribution is 2.25. The molecule has 1 heterocycles. The van der Waals surface area contributed by atoms with Crippen molar-refractivity contribution in [1.82, 2.24) is 9.88 Å². The molecule has 1 aromatic heterocycles. The van der Waals surface area contributed by atoms with E-state index in [1.807, 2.05) is 12.1 Å². The Labute approximate surface area is 127 Å². The van der Waals surface area contributed by atoms with Crippen LogP contribution in [0.5, 0.6) is 0 Å². The molecule has 0 aliphatic carbocycles. The summed E-state index contributed by atoms with van der Waals surface area (Å²) in [6.45, 7) is 2.04. The number of thiazole rings is 1. The Morgan fingerprint density at radius 2 is 1.95 bits per heavy atom. The van der Waals surface area contributed by atoms with E-state index in [0.717, 1.165) is 10.2 Å². The van der Waals surface area contributed by atoms with Crippen LogP contribution in [0.15, 0.2) is 18.2 Å². The number of aromatic nitrogens is 1. The van der Waals surface area contributed by atoms with E-state index >= 15 is 0 Å². The maximum atomic E-state index is 12.6. The Morgan fingerprint density at radius 3 is 2.57 bits per heavy atom. The van der Waals surface area contributed by atoms with Gasteiger partial charge in [-0.25, -0.2) is 4.98 Å². The largest absolute Gasteiger partial charge is 0.383 e. The molecule has 1 amide bonds. The molecular formula is C14H19N3O3S. The fraction of sp³-hybridized carbons (Fsp3) is 0.429. The van der Waals surface area contributed by atoms with Crippen molar-refractivity contribution in [2.24, 2.45) is 0 Å². The van der Waals surface area contributed by atoms with E-state index in [4.69, 9.17) is 15.2 Å². The van der Waals surface area contributed by atoms with Gasteiger partial charge in [-0.3, -0.25) is 4.79 Å². The first-order chi connectivity index (χ1) is 10.2. The van der Waals surface area contributed by atoms with E-state index in [1.54, 1.807) is 25.2 Å². The van der Waals surface area contributed by atoms with Gasteiger partial charge in [0.2, 0.25) is 0 Å². The van der Waals surface area contributed by atoms with E-state index in [2.05, 4.69) is 4.98 Å². The Morgan fingerprint density at radius 1 is 1.29 bits per heavy atom. The van der Waals surface area contributed by atoms with Crippen LogP contribution in [0.3, 0.4) is 0 Å². The zero-order valence-electron chi connectivity index (χ0n) is 12.2. The summed E-state index contributed by atoms with van der Waals surface area (Å²) in [5, 5.41) is 0.505. The third-order valence-corrected chi connectivity index (χ3v) is 3.92. The van der Waals surface area contributed by atoms with Gasteiger partial charge in [0, 0.05) is 32.9 Å². The number of fused-ring (bicyclic) bond motifs is 1. The van der Waals surface area contributed by atoms with Crippen LogP contribution in [-0.4, -0.2) is 56.3 Å². The first-order valence-electron chi connectivity index (χ1n) is 6.59. The molecule has 2 aromatic rings. The number of hydrogen-bond donors (Lipinski definition) is 1. The zero-order valence-corrected chi connectivity index (χ0v) is 13.0. The van der Waals surface area contributed by atoms with Gasteiger partial charge in [0.25, 0.3) is 5.91 Å². The summed E-state index contributed by atoms with van der Waals surface area (Å²) in [7, 11) is 3.23. The molecule has 6 nitrogen and oxygen atoms in total. The lowest BCUT2D eigenvalue weighted by Crippen LogP contribution is -2.36. The monoisotopic (exact) mass is 309 g/mol. The number of ether oxygens (including phenoxy) is 2. The predicted octanol–water partition coefficient (Wildman–Crippen LogP) is 1.61. The maximum absolute atomic E-state index is 12.6. The molecule has 0 unspecified atom stereocenters. The molecule has 114 valence electrons. The molecule has 0 spiro atoms. The number of nitrogens with zero attached hydrogens (tertiary/aromatic N) is 2. The van der Waals surface area contributed by atoms with Gasteiger partial charge in [-0.2, -0.15) is 0 Å². The van der Waals surface area contributed by atoms with Crippen LogP contribution in [0.4, 0.5) is 5.13 Å². The minimum Gasteiger partial charge on any atom is -0.383 e. The molecule has 7 heteroatoms. The average molecular weight is 309 g/mol. The van der Waals surface area contributed by atoms with Crippen LogP contribution >= 0.6 is 11.3 Å². The summed E-state index contributed by atoms with van der Waals surface area (Å²) in [6.07, 6.45) is 0. The molecule has 0 aliphatic rings. The minimum absolute atomic E-state index is 0.0435. The Kier molecular flexibility index (Phi) is 5.49. The SMILES string of the molecule is COCCN(CCOC)C(=O)c1ccc2nc(N)sc2c1. The first kappa shape index (κ1) is 15.7. The second-order valence-electron chi connectivity index (χ2n) is 4.51. The van der Waals surface area contributed by atoms with E-state index in [0.29, 0.717) is 37.0 Å². The number of methoxy groups -OCH3 is 2. The van der Waals surface area contributed by atoms with Crippen LogP contribution in [-0.2, 0) is 9.47 Å². The number of carbonyl (C=O) groups is 1. The van der Waals surface area contributed by atoms with Crippen molar-refractivity contribution in [1.29, 1.82) is 0 Å². The molecule has 0 radical (unpaired) electrons. The van der Waals surface area contributed by atoms with Crippen molar-refractivity contribution in [2.45, 2.75) is 0 Å². The van der Waals surface area contributed by atoms with Gasteiger partial charge < -0.3 is 20.1 Å². The van der Waals surface area contributed by atoms with Crippen LogP contribution in [0.25, 0.3) is 10.2 Å². The number of amides is 1. The molecule has 2 N–H and O–H groups in total. The van der Waals surface area contributed by atoms with Crippen molar-refractivity contribution in [3.63, 3.8) is 0 Å². The Hall–Kier alpha value is -1.70. The molecule has 0 saturated carbocycles. The summed E-state index contributed by atoms with van der Waals surface area (Å²) >= 11 is 1.38. The zero-order chi connectivity index (χ0) is 15.2. The Balaban J connectivity index is 2.19. The lowest BCUT2D eigenvalue weighted by Gasteiger charge is -2.22. The summed E-state index contributed by atoms with van der Waals surface area (Å²) < 4.78 is 11.0. The second kappa shape index (κ2) is 7.35. The molecule has 2 rings (SSSR count). The van der Waals surface area contributed by atoms with Gasteiger partial charge in [0.1, 0.15) is 0 Å². The number of nitrogen functional groups attached to an aromatic ring is 1. The lowest BCUT2D eigenvalue weighted by atomic mass is 10.2. The topological polar surface area (TPSA) is 77.7 Å². The van der Waals surface area contributed by atoms with Crippen molar-refractivity contribution in [3.8, 4) is 0 Å². The normalized spacial score (nSPS) is 11.0. The summed E-state index contributed by atoms with van der Waals surface area (Å²) in [5.41, 5.74) is 7.12. The van der Waals surface area contributed by atoms with Gasteiger partial charge in [-0.05, 0) is 18.2 Å². The fourth-order valence-corrected chi connectivity index (χ4v) is 2.75. The molecule has 0 saturated heterocycles.